The summed E-state index contributed by atoms with van der Waals surface area (Å²) in [4.78, 5) is 11.1. The van der Waals surface area contributed by atoms with E-state index in [9.17, 15) is 9.18 Å². The van der Waals surface area contributed by atoms with Gasteiger partial charge in [0, 0.05) is 24.3 Å². The Labute approximate surface area is 124 Å². The maximum Gasteiger partial charge on any atom is 0.221 e. The summed E-state index contributed by atoms with van der Waals surface area (Å²) in [5.41, 5.74) is 3.59. The minimum Gasteiger partial charge on any atom is -0.379 e. The first-order chi connectivity index (χ1) is 9.95. The molecule has 0 radical (unpaired) electrons. The highest BCUT2D eigenvalue weighted by Crippen LogP contribution is 2.24. The zero-order valence-electron chi connectivity index (χ0n) is 12.4. The molecule has 0 aliphatic carbocycles. The van der Waals surface area contributed by atoms with Crippen LogP contribution >= 0.6 is 0 Å². The first-order valence-corrected chi connectivity index (χ1v) is 6.86. The Morgan fingerprint density at radius 2 is 1.95 bits per heavy atom. The number of carbonyl (C=O) groups excluding carboxylic acids is 1. The van der Waals surface area contributed by atoms with Crippen LogP contribution in [0.3, 0.4) is 0 Å². The van der Waals surface area contributed by atoms with Gasteiger partial charge < -0.3 is 10.6 Å². The zero-order valence-corrected chi connectivity index (χ0v) is 12.4. The Kier molecular flexibility index (Phi) is 4.58. The van der Waals surface area contributed by atoms with Gasteiger partial charge in [0.05, 0.1) is 0 Å². The van der Waals surface area contributed by atoms with Gasteiger partial charge in [0.2, 0.25) is 5.91 Å². The summed E-state index contributed by atoms with van der Waals surface area (Å²) >= 11 is 0. The summed E-state index contributed by atoms with van der Waals surface area (Å²) in [5, 5.41) is 6.10. The molecule has 0 aromatic heterocycles. The predicted octanol–water partition coefficient (Wildman–Crippen LogP) is 4.27. The molecule has 4 heteroatoms. The summed E-state index contributed by atoms with van der Waals surface area (Å²) in [6.45, 7) is 5.40. The van der Waals surface area contributed by atoms with E-state index < -0.39 is 0 Å². The van der Waals surface area contributed by atoms with E-state index >= 15 is 0 Å². The van der Waals surface area contributed by atoms with Crippen LogP contribution in [0.25, 0.3) is 0 Å². The highest BCUT2D eigenvalue weighted by Gasteiger charge is 2.07. The molecule has 2 aromatic carbocycles. The number of carbonyl (C=O) groups is 1. The van der Waals surface area contributed by atoms with E-state index in [2.05, 4.69) is 10.6 Å². The standard InChI is InChI=1S/C17H19FN2O/c1-11-9-16(7-8-17(11)20-13(3)21)19-12(2)14-5-4-6-15(18)10-14/h4-10,12,19H,1-3H3,(H,20,21). The lowest BCUT2D eigenvalue weighted by Gasteiger charge is -2.17. The maximum absolute atomic E-state index is 13.2. The summed E-state index contributed by atoms with van der Waals surface area (Å²) in [6.07, 6.45) is 0. The Hall–Kier alpha value is -2.36. The number of anilines is 2. The van der Waals surface area contributed by atoms with Crippen molar-refractivity contribution >= 4 is 17.3 Å². The van der Waals surface area contributed by atoms with Crippen LogP contribution in [0.1, 0.15) is 31.0 Å². The molecular weight excluding hydrogens is 267 g/mol. The molecule has 0 fully saturated rings. The number of halogens is 1. The van der Waals surface area contributed by atoms with Gasteiger partial charge in [-0.1, -0.05) is 12.1 Å². The maximum atomic E-state index is 13.2. The van der Waals surface area contributed by atoms with Crippen molar-refractivity contribution in [2.75, 3.05) is 10.6 Å². The highest BCUT2D eigenvalue weighted by molar-refractivity contribution is 5.89. The lowest BCUT2D eigenvalue weighted by Crippen LogP contribution is -2.09. The van der Waals surface area contributed by atoms with Crippen LogP contribution in [0.4, 0.5) is 15.8 Å². The van der Waals surface area contributed by atoms with Gasteiger partial charge in [-0.2, -0.15) is 0 Å². The molecule has 21 heavy (non-hydrogen) atoms. The third kappa shape index (κ3) is 4.05. The number of aryl methyl sites for hydroxylation is 1. The third-order valence-electron chi connectivity index (χ3n) is 3.27. The van der Waals surface area contributed by atoms with Crippen LogP contribution < -0.4 is 10.6 Å². The van der Waals surface area contributed by atoms with Crippen LogP contribution in [-0.2, 0) is 4.79 Å². The quantitative estimate of drug-likeness (QED) is 0.881. The first kappa shape index (κ1) is 15.0. The van der Waals surface area contributed by atoms with Gasteiger partial charge >= 0.3 is 0 Å². The van der Waals surface area contributed by atoms with E-state index in [1.54, 1.807) is 6.07 Å². The second-order valence-corrected chi connectivity index (χ2v) is 5.13. The molecule has 110 valence electrons. The normalized spacial score (nSPS) is 11.8. The number of rotatable bonds is 4. The van der Waals surface area contributed by atoms with Gasteiger partial charge in [-0.3, -0.25) is 4.79 Å². The van der Waals surface area contributed by atoms with E-state index in [0.717, 1.165) is 22.5 Å². The minimum absolute atomic E-state index is 0.00767. The summed E-state index contributed by atoms with van der Waals surface area (Å²) in [7, 11) is 0. The molecule has 0 aliphatic heterocycles. The highest BCUT2D eigenvalue weighted by atomic mass is 19.1. The number of benzene rings is 2. The fourth-order valence-corrected chi connectivity index (χ4v) is 2.19. The molecular formula is C17H19FN2O. The topological polar surface area (TPSA) is 41.1 Å². The molecule has 0 heterocycles. The number of amides is 1. The Balaban J connectivity index is 2.12. The van der Waals surface area contributed by atoms with Crippen molar-refractivity contribution in [1.82, 2.24) is 0 Å². The molecule has 0 aliphatic rings. The van der Waals surface area contributed by atoms with Gasteiger partial charge in [-0.25, -0.2) is 4.39 Å². The summed E-state index contributed by atoms with van der Waals surface area (Å²) in [5.74, 6) is -0.328. The monoisotopic (exact) mass is 286 g/mol. The fourth-order valence-electron chi connectivity index (χ4n) is 2.19. The average molecular weight is 286 g/mol. The molecule has 2 rings (SSSR count). The van der Waals surface area contributed by atoms with Crippen molar-refractivity contribution in [3.8, 4) is 0 Å². The van der Waals surface area contributed by atoms with Crippen LogP contribution in [0, 0.1) is 12.7 Å². The van der Waals surface area contributed by atoms with Gasteiger partial charge in [0.15, 0.2) is 0 Å². The Morgan fingerprint density at radius 3 is 2.57 bits per heavy atom. The molecule has 1 unspecified atom stereocenters. The van der Waals surface area contributed by atoms with Crippen LogP contribution in [0.15, 0.2) is 42.5 Å². The van der Waals surface area contributed by atoms with E-state index in [1.165, 1.54) is 19.1 Å². The largest absolute Gasteiger partial charge is 0.379 e. The zero-order chi connectivity index (χ0) is 15.4. The fraction of sp³-hybridized carbons (Fsp3) is 0.235. The van der Waals surface area contributed by atoms with Gasteiger partial charge in [-0.05, 0) is 55.3 Å². The molecule has 3 nitrogen and oxygen atoms in total. The number of hydrogen-bond donors (Lipinski definition) is 2. The number of hydrogen-bond acceptors (Lipinski definition) is 2. The second-order valence-electron chi connectivity index (χ2n) is 5.13. The lowest BCUT2D eigenvalue weighted by atomic mass is 10.1. The van der Waals surface area contributed by atoms with E-state index in [-0.39, 0.29) is 17.8 Å². The van der Waals surface area contributed by atoms with Gasteiger partial charge in [-0.15, -0.1) is 0 Å². The third-order valence-corrected chi connectivity index (χ3v) is 3.27. The molecule has 0 saturated carbocycles. The van der Waals surface area contributed by atoms with Crippen molar-refractivity contribution in [1.29, 1.82) is 0 Å². The minimum atomic E-state index is -0.238. The van der Waals surface area contributed by atoms with Crippen molar-refractivity contribution in [3.63, 3.8) is 0 Å². The SMILES string of the molecule is CC(=O)Nc1ccc(NC(C)c2cccc(F)c2)cc1C. The molecule has 0 spiro atoms. The van der Waals surface area contributed by atoms with Crippen molar-refractivity contribution in [2.45, 2.75) is 26.8 Å². The molecule has 0 saturated heterocycles. The summed E-state index contributed by atoms with van der Waals surface area (Å²) < 4.78 is 13.2. The Morgan fingerprint density at radius 1 is 1.19 bits per heavy atom. The smallest absolute Gasteiger partial charge is 0.221 e. The van der Waals surface area contributed by atoms with Crippen LogP contribution in [0.2, 0.25) is 0 Å². The Bertz CT molecular complexity index is 655. The lowest BCUT2D eigenvalue weighted by molar-refractivity contribution is -0.114. The molecule has 2 aromatic rings. The average Bonchev–Trinajstić information content (AvgIpc) is 2.41. The number of nitrogens with one attached hydrogen (secondary N) is 2. The first-order valence-electron chi connectivity index (χ1n) is 6.86. The predicted molar refractivity (Wildman–Crippen MR) is 83.9 cm³/mol. The van der Waals surface area contributed by atoms with E-state index in [4.69, 9.17) is 0 Å². The molecule has 2 N–H and O–H groups in total. The van der Waals surface area contributed by atoms with Crippen LogP contribution in [0.5, 0.6) is 0 Å². The summed E-state index contributed by atoms with van der Waals surface area (Å²) in [6, 6.07) is 12.3. The molecule has 1 atom stereocenters. The van der Waals surface area contributed by atoms with Crippen molar-refractivity contribution in [2.24, 2.45) is 0 Å². The van der Waals surface area contributed by atoms with E-state index in [0.29, 0.717) is 0 Å². The van der Waals surface area contributed by atoms with Gasteiger partial charge in [0.1, 0.15) is 5.82 Å². The van der Waals surface area contributed by atoms with E-state index in [1.807, 2.05) is 38.1 Å². The second kappa shape index (κ2) is 6.39. The van der Waals surface area contributed by atoms with Crippen LogP contribution in [-0.4, -0.2) is 5.91 Å². The molecule has 1 amide bonds. The van der Waals surface area contributed by atoms with Crippen molar-refractivity contribution < 1.29 is 9.18 Å². The van der Waals surface area contributed by atoms with Crippen molar-refractivity contribution in [3.05, 3.63) is 59.4 Å². The van der Waals surface area contributed by atoms with Gasteiger partial charge in [0.25, 0.3) is 0 Å². The molecule has 0 bridgehead atoms.